The number of aromatic nitrogens is 1. The lowest BCUT2D eigenvalue weighted by Crippen LogP contribution is -2.35. The second-order valence-electron chi connectivity index (χ2n) is 9.63. The molecule has 0 spiro atoms. The molecule has 0 amide bonds. The Labute approximate surface area is 233 Å². The summed E-state index contributed by atoms with van der Waals surface area (Å²) in [6, 6.07) is 16.0. The number of likely N-dealkylation sites (tertiary alicyclic amines) is 1. The van der Waals surface area contributed by atoms with E-state index >= 15 is 0 Å². The summed E-state index contributed by atoms with van der Waals surface area (Å²) in [5.41, 5.74) is 3.58. The van der Waals surface area contributed by atoms with Gasteiger partial charge in [0.15, 0.2) is 0 Å². The summed E-state index contributed by atoms with van der Waals surface area (Å²) in [5, 5.41) is 4.78. The van der Waals surface area contributed by atoms with Gasteiger partial charge in [-0.2, -0.15) is 0 Å². The molecule has 0 saturated carbocycles. The number of halogens is 2. The quantitative estimate of drug-likeness (QED) is 0.299. The van der Waals surface area contributed by atoms with Crippen LogP contribution in [0.25, 0.3) is 0 Å². The minimum absolute atomic E-state index is 0.319. The number of benzene rings is 2. The molecule has 2 heterocycles. The Morgan fingerprint density at radius 3 is 2.62 bits per heavy atom. The first-order valence-electron chi connectivity index (χ1n) is 12.7. The van der Waals surface area contributed by atoms with Crippen molar-refractivity contribution in [1.29, 1.82) is 0 Å². The van der Waals surface area contributed by atoms with E-state index in [-0.39, 0.29) is 0 Å². The van der Waals surface area contributed by atoms with Gasteiger partial charge in [-0.05, 0) is 97.8 Å². The maximum Gasteiger partial charge on any atom is 0.120 e. The van der Waals surface area contributed by atoms with Crippen molar-refractivity contribution in [3.63, 3.8) is 0 Å². The molecule has 198 valence electrons. The van der Waals surface area contributed by atoms with Crippen molar-refractivity contribution in [3.8, 4) is 5.75 Å². The molecule has 1 N–H and O–H groups in total. The lowest BCUT2D eigenvalue weighted by molar-refractivity contribution is 0.204. The van der Waals surface area contributed by atoms with E-state index in [0.29, 0.717) is 21.9 Å². The third-order valence-electron chi connectivity index (χ3n) is 7.21. The normalized spacial score (nSPS) is 16.4. The largest absolute Gasteiger partial charge is 0.497 e. The molecule has 2 aromatic carbocycles. The van der Waals surface area contributed by atoms with Crippen LogP contribution in [0.4, 0.5) is 0 Å². The van der Waals surface area contributed by atoms with Crippen LogP contribution in [0.15, 0.2) is 65.8 Å². The molecule has 2 atom stereocenters. The fourth-order valence-electron chi connectivity index (χ4n) is 5.08. The average Bonchev–Trinajstić information content (AvgIpc) is 2.92. The standard InChI is InChI=1S/C29H35Cl2N3O2S/c1-36-25-6-7-26(29(17-25)37(2)35)22-9-13-34(14-10-22)15-11-24(23-5-8-27(30)28(31)16-23)20-33-19-21-4-3-12-32-18-21/h3-8,12,16-18,22,24,33H,9-11,13-15,19-20H2,1-2H3/t24-,37+/m1/s1. The Balaban J connectivity index is 1.36. The van der Waals surface area contributed by atoms with Crippen LogP contribution in [0.2, 0.25) is 10.0 Å². The Morgan fingerprint density at radius 2 is 1.95 bits per heavy atom. The highest BCUT2D eigenvalue weighted by Gasteiger charge is 2.25. The van der Waals surface area contributed by atoms with Crippen LogP contribution in [0.3, 0.4) is 0 Å². The van der Waals surface area contributed by atoms with Gasteiger partial charge >= 0.3 is 0 Å². The summed E-state index contributed by atoms with van der Waals surface area (Å²) in [4.78, 5) is 7.66. The average molecular weight is 561 g/mol. The zero-order valence-electron chi connectivity index (χ0n) is 21.5. The van der Waals surface area contributed by atoms with E-state index in [1.165, 1.54) is 16.7 Å². The van der Waals surface area contributed by atoms with Crippen LogP contribution < -0.4 is 10.1 Å². The molecule has 1 saturated heterocycles. The van der Waals surface area contributed by atoms with Gasteiger partial charge in [-0.25, -0.2) is 0 Å². The molecule has 1 aliphatic rings. The fourth-order valence-corrected chi connectivity index (χ4v) is 6.24. The molecule has 37 heavy (non-hydrogen) atoms. The SMILES string of the molecule is COc1ccc(C2CCN(CC[C@H](CNCc3cccnc3)c3ccc(Cl)c(Cl)c3)CC2)c([S@](C)=O)c1. The van der Waals surface area contributed by atoms with Crippen molar-refractivity contribution in [1.82, 2.24) is 15.2 Å². The van der Waals surface area contributed by atoms with Gasteiger partial charge in [-0.3, -0.25) is 9.19 Å². The minimum atomic E-state index is -1.04. The van der Waals surface area contributed by atoms with E-state index in [2.05, 4.69) is 33.4 Å². The van der Waals surface area contributed by atoms with Gasteiger partial charge in [0.25, 0.3) is 0 Å². The van der Waals surface area contributed by atoms with Gasteiger partial charge in [0.1, 0.15) is 5.75 Å². The summed E-state index contributed by atoms with van der Waals surface area (Å²) >= 11 is 12.6. The van der Waals surface area contributed by atoms with Crippen LogP contribution >= 0.6 is 23.2 Å². The van der Waals surface area contributed by atoms with E-state index in [4.69, 9.17) is 27.9 Å². The molecule has 1 aliphatic heterocycles. The molecule has 3 aromatic rings. The van der Waals surface area contributed by atoms with Gasteiger partial charge in [0.05, 0.1) is 28.0 Å². The minimum Gasteiger partial charge on any atom is -0.497 e. The van der Waals surface area contributed by atoms with Crippen LogP contribution in [0, 0.1) is 0 Å². The molecule has 0 unspecified atom stereocenters. The second kappa shape index (κ2) is 13.7. The molecule has 0 bridgehead atoms. The number of piperidine rings is 1. The monoisotopic (exact) mass is 559 g/mol. The van der Waals surface area contributed by atoms with Crippen molar-refractivity contribution in [3.05, 3.63) is 87.7 Å². The molecule has 1 aromatic heterocycles. The lowest BCUT2D eigenvalue weighted by atomic mass is 9.88. The number of rotatable bonds is 11. The van der Waals surface area contributed by atoms with Crippen molar-refractivity contribution in [2.24, 2.45) is 0 Å². The van der Waals surface area contributed by atoms with Crippen molar-refractivity contribution >= 4 is 34.0 Å². The number of nitrogens with one attached hydrogen (secondary N) is 1. The third-order valence-corrected chi connectivity index (χ3v) is 8.92. The number of hydrogen-bond acceptors (Lipinski definition) is 5. The molecular weight excluding hydrogens is 525 g/mol. The van der Waals surface area contributed by atoms with Crippen molar-refractivity contribution in [2.45, 2.75) is 42.5 Å². The highest BCUT2D eigenvalue weighted by molar-refractivity contribution is 7.84. The third kappa shape index (κ3) is 7.78. The smallest absolute Gasteiger partial charge is 0.120 e. The molecular formula is C29H35Cl2N3O2S. The summed E-state index contributed by atoms with van der Waals surface area (Å²) in [5.74, 6) is 1.50. The predicted molar refractivity (Wildman–Crippen MR) is 154 cm³/mol. The first kappa shape index (κ1) is 28.1. The summed E-state index contributed by atoms with van der Waals surface area (Å²) in [6.45, 7) is 4.70. The van der Waals surface area contributed by atoms with Crippen LogP contribution in [-0.2, 0) is 17.3 Å². The summed E-state index contributed by atoms with van der Waals surface area (Å²) < 4.78 is 17.7. The number of hydrogen-bond donors (Lipinski definition) is 1. The molecule has 5 nitrogen and oxygen atoms in total. The molecule has 0 aliphatic carbocycles. The number of pyridine rings is 1. The number of methoxy groups -OCH3 is 1. The second-order valence-corrected chi connectivity index (χ2v) is 11.8. The van der Waals surface area contributed by atoms with Crippen molar-refractivity contribution in [2.75, 3.05) is 39.5 Å². The maximum atomic E-state index is 12.4. The van der Waals surface area contributed by atoms with Gasteiger partial charge in [0.2, 0.25) is 0 Å². The maximum absolute atomic E-state index is 12.4. The van der Waals surface area contributed by atoms with Gasteiger partial charge in [-0.15, -0.1) is 0 Å². The molecule has 8 heteroatoms. The summed E-state index contributed by atoms with van der Waals surface area (Å²) in [6.07, 6.45) is 8.59. The Kier molecular flexibility index (Phi) is 10.4. The van der Waals surface area contributed by atoms with E-state index in [1.54, 1.807) is 19.6 Å². The van der Waals surface area contributed by atoms with Crippen LogP contribution in [-0.4, -0.2) is 53.6 Å². The molecule has 0 radical (unpaired) electrons. The predicted octanol–water partition coefficient (Wildman–Crippen LogP) is 6.28. The Bertz CT molecular complexity index is 1190. The first-order valence-corrected chi connectivity index (χ1v) is 15.0. The van der Waals surface area contributed by atoms with Gasteiger partial charge in [0, 0.05) is 36.6 Å². The topological polar surface area (TPSA) is 54.5 Å². The molecule has 4 rings (SSSR count). The summed E-state index contributed by atoms with van der Waals surface area (Å²) in [7, 11) is 0.609. The van der Waals surface area contributed by atoms with Crippen LogP contribution in [0.5, 0.6) is 5.75 Å². The number of nitrogens with zero attached hydrogens (tertiary/aromatic N) is 2. The van der Waals surface area contributed by atoms with E-state index in [9.17, 15) is 4.21 Å². The Hall–Kier alpha value is -1.96. The Morgan fingerprint density at radius 1 is 1.14 bits per heavy atom. The first-order chi connectivity index (χ1) is 17.9. The fraction of sp³-hybridized carbons (Fsp3) is 0.414. The highest BCUT2D eigenvalue weighted by Crippen LogP contribution is 2.34. The lowest BCUT2D eigenvalue weighted by Gasteiger charge is -2.34. The van der Waals surface area contributed by atoms with E-state index < -0.39 is 10.8 Å². The van der Waals surface area contributed by atoms with Crippen molar-refractivity contribution < 1.29 is 8.95 Å². The van der Waals surface area contributed by atoms with Crippen LogP contribution in [0.1, 0.15) is 47.8 Å². The molecule has 1 fully saturated rings. The van der Waals surface area contributed by atoms with Gasteiger partial charge < -0.3 is 15.0 Å². The zero-order chi connectivity index (χ0) is 26.2. The van der Waals surface area contributed by atoms with E-state index in [1.807, 2.05) is 36.5 Å². The van der Waals surface area contributed by atoms with Gasteiger partial charge in [-0.1, -0.05) is 41.4 Å². The van der Waals surface area contributed by atoms with E-state index in [0.717, 1.165) is 62.6 Å². The highest BCUT2D eigenvalue weighted by atomic mass is 35.5. The zero-order valence-corrected chi connectivity index (χ0v) is 23.8. The number of ether oxygens (including phenoxy) is 1.